The summed E-state index contributed by atoms with van der Waals surface area (Å²) in [6.07, 6.45) is 1.06. The number of hydrogen-bond acceptors (Lipinski definition) is 3. The van der Waals surface area contributed by atoms with E-state index in [0.717, 1.165) is 26.1 Å². The lowest BCUT2D eigenvalue weighted by Crippen LogP contribution is -2.56. The van der Waals surface area contributed by atoms with Crippen LogP contribution in [0.1, 0.15) is 34.1 Å². The Balaban J connectivity index is 2.21. The highest BCUT2D eigenvalue weighted by atomic mass is 16.2. The smallest absolute Gasteiger partial charge is 0.234 e. The first-order valence-electron chi connectivity index (χ1n) is 6.72. The molecule has 4 heteroatoms. The maximum atomic E-state index is 11.7. The Labute approximate surface area is 105 Å². The SMILES string of the molecule is CC(C)CCNC(=O)CN1CC(C)NC(C)C1. The first-order chi connectivity index (χ1) is 7.97. The van der Waals surface area contributed by atoms with Gasteiger partial charge in [0.05, 0.1) is 6.54 Å². The zero-order valence-electron chi connectivity index (χ0n) is 11.6. The molecule has 1 amide bonds. The Kier molecular flexibility index (Phi) is 5.92. The monoisotopic (exact) mass is 241 g/mol. The van der Waals surface area contributed by atoms with Gasteiger partial charge in [-0.15, -0.1) is 0 Å². The Morgan fingerprint density at radius 2 is 1.94 bits per heavy atom. The molecule has 100 valence electrons. The van der Waals surface area contributed by atoms with Gasteiger partial charge in [0.2, 0.25) is 5.91 Å². The molecule has 1 saturated heterocycles. The summed E-state index contributed by atoms with van der Waals surface area (Å²) in [5.41, 5.74) is 0. The quantitative estimate of drug-likeness (QED) is 0.749. The molecule has 1 fully saturated rings. The van der Waals surface area contributed by atoms with Crippen molar-refractivity contribution in [2.75, 3.05) is 26.2 Å². The van der Waals surface area contributed by atoms with Crippen molar-refractivity contribution in [1.29, 1.82) is 0 Å². The fraction of sp³-hybridized carbons (Fsp3) is 0.923. The zero-order valence-corrected chi connectivity index (χ0v) is 11.6. The van der Waals surface area contributed by atoms with E-state index in [2.05, 4.69) is 43.2 Å². The highest BCUT2D eigenvalue weighted by molar-refractivity contribution is 5.78. The number of hydrogen-bond donors (Lipinski definition) is 2. The largest absolute Gasteiger partial charge is 0.355 e. The predicted molar refractivity (Wildman–Crippen MR) is 71.0 cm³/mol. The summed E-state index contributed by atoms with van der Waals surface area (Å²) >= 11 is 0. The summed E-state index contributed by atoms with van der Waals surface area (Å²) in [7, 11) is 0. The Hall–Kier alpha value is -0.610. The second-order valence-electron chi connectivity index (χ2n) is 5.70. The van der Waals surface area contributed by atoms with Gasteiger partial charge in [0.15, 0.2) is 0 Å². The van der Waals surface area contributed by atoms with E-state index >= 15 is 0 Å². The number of rotatable bonds is 5. The van der Waals surface area contributed by atoms with Crippen LogP contribution in [0.2, 0.25) is 0 Å². The molecule has 2 unspecified atom stereocenters. The number of carbonyl (C=O) groups excluding carboxylic acids is 1. The molecule has 0 bridgehead atoms. The molecule has 1 aliphatic rings. The number of carbonyl (C=O) groups is 1. The molecule has 0 spiro atoms. The molecule has 0 aromatic rings. The van der Waals surface area contributed by atoms with Crippen LogP contribution in [0.4, 0.5) is 0 Å². The molecule has 0 aromatic heterocycles. The third kappa shape index (κ3) is 6.03. The van der Waals surface area contributed by atoms with Gasteiger partial charge in [-0.2, -0.15) is 0 Å². The van der Waals surface area contributed by atoms with E-state index in [0.29, 0.717) is 24.5 Å². The standard InChI is InChI=1S/C13H27N3O/c1-10(2)5-6-14-13(17)9-16-7-11(3)15-12(4)8-16/h10-12,15H,5-9H2,1-4H3,(H,14,17). The third-order valence-corrected chi connectivity index (χ3v) is 3.04. The minimum absolute atomic E-state index is 0.159. The maximum Gasteiger partial charge on any atom is 0.234 e. The van der Waals surface area contributed by atoms with Gasteiger partial charge < -0.3 is 10.6 Å². The summed E-state index contributed by atoms with van der Waals surface area (Å²) in [5, 5.41) is 6.46. The summed E-state index contributed by atoms with van der Waals surface area (Å²) in [5.74, 6) is 0.807. The van der Waals surface area contributed by atoms with E-state index in [1.165, 1.54) is 0 Å². The van der Waals surface area contributed by atoms with Crippen molar-refractivity contribution in [3.05, 3.63) is 0 Å². The van der Waals surface area contributed by atoms with Gasteiger partial charge in [0, 0.05) is 31.7 Å². The number of nitrogens with one attached hydrogen (secondary N) is 2. The lowest BCUT2D eigenvalue weighted by molar-refractivity contribution is -0.122. The average Bonchev–Trinajstić information content (AvgIpc) is 2.14. The van der Waals surface area contributed by atoms with Crippen molar-refractivity contribution in [1.82, 2.24) is 15.5 Å². The first-order valence-corrected chi connectivity index (χ1v) is 6.72. The normalized spacial score (nSPS) is 26.2. The van der Waals surface area contributed by atoms with Crippen molar-refractivity contribution < 1.29 is 4.79 Å². The lowest BCUT2D eigenvalue weighted by Gasteiger charge is -2.35. The van der Waals surface area contributed by atoms with Crippen LogP contribution in [0, 0.1) is 5.92 Å². The van der Waals surface area contributed by atoms with Crippen molar-refractivity contribution in [3.63, 3.8) is 0 Å². The van der Waals surface area contributed by atoms with E-state index < -0.39 is 0 Å². The van der Waals surface area contributed by atoms with Gasteiger partial charge in [-0.3, -0.25) is 9.69 Å². The van der Waals surface area contributed by atoms with Crippen molar-refractivity contribution in [2.24, 2.45) is 5.92 Å². The molecule has 1 heterocycles. The van der Waals surface area contributed by atoms with E-state index in [1.807, 2.05) is 0 Å². The molecular formula is C13H27N3O. The summed E-state index contributed by atoms with van der Waals surface area (Å²) in [6.45, 7) is 11.9. The van der Waals surface area contributed by atoms with Gasteiger partial charge in [0.25, 0.3) is 0 Å². The van der Waals surface area contributed by atoms with Gasteiger partial charge in [-0.05, 0) is 26.2 Å². The number of nitrogens with zero attached hydrogens (tertiary/aromatic N) is 1. The van der Waals surface area contributed by atoms with Gasteiger partial charge in [-0.1, -0.05) is 13.8 Å². The molecule has 4 nitrogen and oxygen atoms in total. The summed E-state index contributed by atoms with van der Waals surface area (Å²) in [6, 6.07) is 0.949. The molecule has 0 aromatic carbocycles. The minimum atomic E-state index is 0.159. The van der Waals surface area contributed by atoms with Crippen LogP contribution in [-0.2, 0) is 4.79 Å². The van der Waals surface area contributed by atoms with Crippen molar-refractivity contribution in [2.45, 2.75) is 46.2 Å². The topological polar surface area (TPSA) is 44.4 Å². The van der Waals surface area contributed by atoms with Crippen molar-refractivity contribution in [3.8, 4) is 0 Å². The molecule has 2 N–H and O–H groups in total. The van der Waals surface area contributed by atoms with Crippen LogP contribution in [-0.4, -0.2) is 49.1 Å². The Bertz CT molecular complexity index is 233. The van der Waals surface area contributed by atoms with Crippen LogP contribution < -0.4 is 10.6 Å². The van der Waals surface area contributed by atoms with Gasteiger partial charge >= 0.3 is 0 Å². The number of piperazine rings is 1. The van der Waals surface area contributed by atoms with Crippen LogP contribution in [0.15, 0.2) is 0 Å². The molecule has 2 atom stereocenters. The van der Waals surface area contributed by atoms with E-state index in [1.54, 1.807) is 0 Å². The molecule has 1 rings (SSSR count). The second-order valence-corrected chi connectivity index (χ2v) is 5.70. The lowest BCUT2D eigenvalue weighted by atomic mass is 10.1. The van der Waals surface area contributed by atoms with E-state index in [9.17, 15) is 4.79 Å². The fourth-order valence-corrected chi connectivity index (χ4v) is 2.33. The van der Waals surface area contributed by atoms with Crippen LogP contribution in [0.5, 0.6) is 0 Å². The molecule has 0 radical (unpaired) electrons. The molecule has 17 heavy (non-hydrogen) atoms. The van der Waals surface area contributed by atoms with Crippen LogP contribution in [0.3, 0.4) is 0 Å². The predicted octanol–water partition coefficient (Wildman–Crippen LogP) is 0.831. The summed E-state index contributed by atoms with van der Waals surface area (Å²) in [4.78, 5) is 14.0. The highest BCUT2D eigenvalue weighted by Crippen LogP contribution is 2.03. The van der Waals surface area contributed by atoms with Crippen molar-refractivity contribution >= 4 is 5.91 Å². The van der Waals surface area contributed by atoms with Crippen LogP contribution >= 0.6 is 0 Å². The van der Waals surface area contributed by atoms with E-state index in [-0.39, 0.29) is 5.91 Å². The third-order valence-electron chi connectivity index (χ3n) is 3.04. The number of amides is 1. The molecule has 0 aliphatic carbocycles. The molecule has 0 saturated carbocycles. The van der Waals surface area contributed by atoms with Gasteiger partial charge in [-0.25, -0.2) is 0 Å². The second kappa shape index (κ2) is 6.97. The van der Waals surface area contributed by atoms with Crippen LogP contribution in [0.25, 0.3) is 0 Å². The first kappa shape index (κ1) is 14.5. The molecule has 1 aliphatic heterocycles. The zero-order chi connectivity index (χ0) is 12.8. The summed E-state index contributed by atoms with van der Waals surface area (Å²) < 4.78 is 0. The molecular weight excluding hydrogens is 214 g/mol. The van der Waals surface area contributed by atoms with Gasteiger partial charge in [0.1, 0.15) is 0 Å². The minimum Gasteiger partial charge on any atom is -0.355 e. The van der Waals surface area contributed by atoms with E-state index in [4.69, 9.17) is 0 Å². The Morgan fingerprint density at radius 3 is 2.47 bits per heavy atom. The fourth-order valence-electron chi connectivity index (χ4n) is 2.33. The average molecular weight is 241 g/mol. The highest BCUT2D eigenvalue weighted by Gasteiger charge is 2.22. The Morgan fingerprint density at radius 1 is 1.35 bits per heavy atom. The maximum absolute atomic E-state index is 11.7.